The van der Waals surface area contributed by atoms with E-state index in [1.807, 2.05) is 5.38 Å². The molecule has 1 amide bonds. The van der Waals surface area contributed by atoms with E-state index in [-0.39, 0.29) is 11.7 Å². The van der Waals surface area contributed by atoms with Crippen LogP contribution in [0.3, 0.4) is 0 Å². The highest BCUT2D eigenvalue weighted by molar-refractivity contribution is 7.15. The maximum absolute atomic E-state index is 14.0. The van der Waals surface area contributed by atoms with Crippen molar-refractivity contribution in [1.82, 2.24) is 19.9 Å². The van der Waals surface area contributed by atoms with Gasteiger partial charge >= 0.3 is 5.97 Å². The van der Waals surface area contributed by atoms with E-state index in [0.717, 1.165) is 5.69 Å². The number of benzene rings is 2. The number of ether oxygens (including phenoxy) is 1. The second kappa shape index (κ2) is 8.42. The quantitative estimate of drug-likeness (QED) is 0.480. The van der Waals surface area contributed by atoms with Crippen molar-refractivity contribution in [1.29, 1.82) is 0 Å². The average Bonchev–Trinajstić information content (AvgIpc) is 3.35. The molecule has 0 atom stereocenters. The third-order valence-corrected chi connectivity index (χ3v) is 5.36. The normalized spacial score (nSPS) is 10.9. The molecule has 9 heteroatoms. The van der Waals surface area contributed by atoms with Gasteiger partial charge in [0.2, 0.25) is 4.96 Å². The van der Waals surface area contributed by atoms with Crippen LogP contribution < -0.4 is 5.32 Å². The van der Waals surface area contributed by atoms with Gasteiger partial charge in [-0.3, -0.25) is 4.79 Å². The van der Waals surface area contributed by atoms with Gasteiger partial charge in [0, 0.05) is 23.9 Å². The Hall–Kier alpha value is -3.59. The van der Waals surface area contributed by atoms with Gasteiger partial charge in [0.15, 0.2) is 5.82 Å². The summed E-state index contributed by atoms with van der Waals surface area (Å²) in [7, 11) is 1.30. The maximum Gasteiger partial charge on any atom is 0.337 e. The third-order valence-electron chi connectivity index (χ3n) is 4.50. The summed E-state index contributed by atoms with van der Waals surface area (Å²) >= 11 is 1.41. The molecule has 0 radical (unpaired) electrons. The van der Waals surface area contributed by atoms with Crippen molar-refractivity contribution >= 4 is 28.2 Å². The zero-order valence-electron chi connectivity index (χ0n) is 16.0. The third kappa shape index (κ3) is 3.92. The van der Waals surface area contributed by atoms with Crippen molar-refractivity contribution in [3.8, 4) is 11.4 Å². The zero-order chi connectivity index (χ0) is 21.1. The molecule has 1 N–H and O–H groups in total. The molecule has 152 valence electrons. The number of rotatable bonds is 6. The summed E-state index contributed by atoms with van der Waals surface area (Å²) in [6.45, 7) is 0.387. The largest absolute Gasteiger partial charge is 0.465 e. The Bertz CT molecular complexity index is 1220. The summed E-state index contributed by atoms with van der Waals surface area (Å²) < 4.78 is 20.3. The molecule has 2 heterocycles. The number of hydrogen-bond donors (Lipinski definition) is 1. The Balaban J connectivity index is 1.41. The van der Waals surface area contributed by atoms with Crippen LogP contribution in [0, 0.1) is 5.82 Å². The number of amides is 1. The molecule has 4 rings (SSSR count). The Morgan fingerprint density at radius 3 is 2.60 bits per heavy atom. The lowest BCUT2D eigenvalue weighted by Crippen LogP contribution is -2.26. The lowest BCUT2D eigenvalue weighted by Gasteiger charge is -2.05. The molecule has 2 aromatic carbocycles. The van der Waals surface area contributed by atoms with Gasteiger partial charge in [-0.2, -0.15) is 4.98 Å². The van der Waals surface area contributed by atoms with Crippen molar-refractivity contribution in [3.63, 3.8) is 0 Å². The SMILES string of the molecule is COC(=O)c1ccc(C(=O)NCCc2csc3nc(-c4ccccc4F)nn23)cc1. The lowest BCUT2D eigenvalue weighted by molar-refractivity contribution is 0.0600. The van der Waals surface area contributed by atoms with Crippen LogP contribution in [0.5, 0.6) is 0 Å². The lowest BCUT2D eigenvalue weighted by atomic mass is 10.1. The van der Waals surface area contributed by atoms with Crippen LogP contribution in [0.1, 0.15) is 26.4 Å². The molecule has 2 aromatic heterocycles. The number of thiazole rings is 1. The first-order valence-electron chi connectivity index (χ1n) is 9.11. The van der Waals surface area contributed by atoms with Crippen LogP contribution in [0.25, 0.3) is 16.3 Å². The first-order chi connectivity index (χ1) is 14.6. The predicted octanol–water partition coefficient (Wildman–Crippen LogP) is 3.36. The zero-order valence-corrected chi connectivity index (χ0v) is 16.8. The first-order valence-corrected chi connectivity index (χ1v) is 9.99. The molecule has 0 saturated carbocycles. The van der Waals surface area contributed by atoms with Gasteiger partial charge < -0.3 is 10.1 Å². The number of methoxy groups -OCH3 is 1. The van der Waals surface area contributed by atoms with E-state index in [9.17, 15) is 14.0 Å². The van der Waals surface area contributed by atoms with Crippen LogP contribution in [0.4, 0.5) is 4.39 Å². The van der Waals surface area contributed by atoms with E-state index in [2.05, 4.69) is 20.1 Å². The topological polar surface area (TPSA) is 85.6 Å². The molecule has 30 heavy (non-hydrogen) atoms. The second-order valence-electron chi connectivity index (χ2n) is 6.41. The van der Waals surface area contributed by atoms with Gasteiger partial charge in [-0.1, -0.05) is 12.1 Å². The van der Waals surface area contributed by atoms with E-state index >= 15 is 0 Å². The number of aromatic nitrogens is 3. The molecular formula is C21H17FN4O3S. The molecule has 4 aromatic rings. The number of carbonyl (C=O) groups excluding carboxylic acids is 2. The Morgan fingerprint density at radius 2 is 1.87 bits per heavy atom. The molecule has 0 spiro atoms. The number of halogens is 1. The number of nitrogens with one attached hydrogen (secondary N) is 1. The van der Waals surface area contributed by atoms with E-state index in [0.29, 0.717) is 40.4 Å². The molecule has 0 aliphatic rings. The molecule has 0 aliphatic heterocycles. The fourth-order valence-corrected chi connectivity index (χ4v) is 3.79. The van der Waals surface area contributed by atoms with Crippen molar-refractivity contribution in [2.75, 3.05) is 13.7 Å². The molecule has 0 fully saturated rings. The van der Waals surface area contributed by atoms with Crippen LogP contribution >= 0.6 is 11.3 Å². The van der Waals surface area contributed by atoms with E-state index < -0.39 is 5.97 Å². The van der Waals surface area contributed by atoms with E-state index in [4.69, 9.17) is 0 Å². The summed E-state index contributed by atoms with van der Waals surface area (Å²) in [6.07, 6.45) is 0.534. The van der Waals surface area contributed by atoms with Crippen LogP contribution in [-0.2, 0) is 11.2 Å². The Kier molecular flexibility index (Phi) is 5.53. The van der Waals surface area contributed by atoms with Gasteiger partial charge in [0.25, 0.3) is 5.91 Å². The fourth-order valence-electron chi connectivity index (χ4n) is 2.93. The smallest absolute Gasteiger partial charge is 0.337 e. The first kappa shape index (κ1) is 19.7. The molecule has 0 saturated heterocycles. The standard InChI is InChI=1S/C21H17FN4O3S/c1-29-20(28)14-8-6-13(7-9-14)19(27)23-11-10-15-12-30-21-24-18(25-26(15)21)16-4-2-3-5-17(16)22/h2-9,12H,10-11H2,1H3,(H,23,27). The average molecular weight is 424 g/mol. The van der Waals surface area contributed by atoms with Crippen molar-refractivity contribution in [3.05, 3.63) is 76.5 Å². The summed E-state index contributed by atoms with van der Waals surface area (Å²) in [6, 6.07) is 12.6. The highest BCUT2D eigenvalue weighted by atomic mass is 32.1. The molecule has 0 bridgehead atoms. The van der Waals surface area contributed by atoms with Crippen molar-refractivity contribution in [2.24, 2.45) is 0 Å². The minimum Gasteiger partial charge on any atom is -0.465 e. The Labute approximate surface area is 175 Å². The van der Waals surface area contributed by atoms with Gasteiger partial charge in [0.1, 0.15) is 5.82 Å². The summed E-state index contributed by atoms with van der Waals surface area (Å²) in [5.74, 6) is -0.742. The molecular weight excluding hydrogens is 407 g/mol. The summed E-state index contributed by atoms with van der Waals surface area (Å²) in [5.41, 5.74) is 2.04. The highest BCUT2D eigenvalue weighted by Crippen LogP contribution is 2.23. The highest BCUT2D eigenvalue weighted by Gasteiger charge is 2.14. The summed E-state index contributed by atoms with van der Waals surface area (Å²) in [4.78, 5) is 28.8. The van der Waals surface area contributed by atoms with Crippen molar-refractivity contribution in [2.45, 2.75) is 6.42 Å². The van der Waals surface area contributed by atoms with E-state index in [1.54, 1.807) is 47.0 Å². The van der Waals surface area contributed by atoms with Gasteiger partial charge in [-0.05, 0) is 36.4 Å². The molecule has 0 aliphatic carbocycles. The number of esters is 1. The van der Waals surface area contributed by atoms with Crippen LogP contribution in [0.2, 0.25) is 0 Å². The monoisotopic (exact) mass is 424 g/mol. The fraction of sp³-hybridized carbons (Fsp3) is 0.143. The molecule has 0 unspecified atom stereocenters. The molecule has 7 nitrogen and oxygen atoms in total. The number of carbonyl (C=O) groups is 2. The predicted molar refractivity (Wildman–Crippen MR) is 110 cm³/mol. The number of fused-ring (bicyclic) bond motifs is 1. The maximum atomic E-state index is 14.0. The van der Waals surface area contributed by atoms with Crippen molar-refractivity contribution < 1.29 is 18.7 Å². The number of hydrogen-bond acceptors (Lipinski definition) is 6. The minimum absolute atomic E-state index is 0.247. The van der Waals surface area contributed by atoms with E-state index in [1.165, 1.54) is 24.5 Å². The second-order valence-corrected chi connectivity index (χ2v) is 7.25. The summed E-state index contributed by atoms with van der Waals surface area (Å²) in [5, 5.41) is 9.17. The van der Waals surface area contributed by atoms with Gasteiger partial charge in [-0.15, -0.1) is 16.4 Å². The van der Waals surface area contributed by atoms with Crippen LogP contribution in [-0.4, -0.2) is 40.1 Å². The van der Waals surface area contributed by atoms with Gasteiger partial charge in [0.05, 0.1) is 23.9 Å². The Morgan fingerprint density at radius 1 is 1.13 bits per heavy atom. The van der Waals surface area contributed by atoms with Crippen LogP contribution in [0.15, 0.2) is 53.9 Å². The minimum atomic E-state index is -0.453. The number of nitrogens with zero attached hydrogens (tertiary/aromatic N) is 3. The van der Waals surface area contributed by atoms with Gasteiger partial charge in [-0.25, -0.2) is 13.7 Å².